The monoisotopic (exact) mass is 304 g/mol. The van der Waals surface area contributed by atoms with Crippen LogP contribution in [0.5, 0.6) is 0 Å². The molecule has 1 N–H and O–H groups in total. The molecule has 0 bridgehead atoms. The summed E-state index contributed by atoms with van der Waals surface area (Å²) in [6.07, 6.45) is 5.43. The number of nitrogens with zero attached hydrogens (tertiary/aromatic N) is 3. The first kappa shape index (κ1) is 14.2. The number of ether oxygens (including phenoxy) is 1. The molecule has 1 aliphatic carbocycles. The fraction of sp³-hybridized carbons (Fsp3) is 0.750. The van der Waals surface area contributed by atoms with Gasteiger partial charge in [0.15, 0.2) is 0 Å². The van der Waals surface area contributed by atoms with Crippen molar-refractivity contribution in [2.45, 2.75) is 50.9 Å². The molecule has 0 radical (unpaired) electrons. The third-order valence-electron chi connectivity index (χ3n) is 5.15. The van der Waals surface area contributed by atoms with E-state index in [4.69, 9.17) is 4.74 Å². The molecule has 2 saturated heterocycles. The van der Waals surface area contributed by atoms with Crippen molar-refractivity contribution in [3.05, 3.63) is 17.5 Å². The minimum atomic E-state index is -0.0231. The van der Waals surface area contributed by atoms with Gasteiger partial charge < -0.3 is 10.1 Å². The first-order valence-electron chi connectivity index (χ1n) is 8.27. The Morgan fingerprint density at radius 3 is 2.95 bits per heavy atom. The summed E-state index contributed by atoms with van der Waals surface area (Å²) in [4.78, 5) is 14.9. The van der Waals surface area contributed by atoms with Gasteiger partial charge in [0.1, 0.15) is 0 Å². The molecule has 0 aromatic carbocycles. The number of hydrogen-bond donors (Lipinski definition) is 1. The SMILES string of the molecule is Cc1nn(C)cc1CN1C[C@H](C(=O)NC2CC2)[C@H]2OCC[C@H]21. The van der Waals surface area contributed by atoms with Crippen LogP contribution in [-0.2, 0) is 23.1 Å². The lowest BCUT2D eigenvalue weighted by atomic mass is 10.0. The lowest BCUT2D eigenvalue weighted by molar-refractivity contribution is -0.127. The second-order valence-corrected chi connectivity index (χ2v) is 6.92. The molecule has 6 nitrogen and oxygen atoms in total. The van der Waals surface area contributed by atoms with Crippen LogP contribution < -0.4 is 5.32 Å². The third-order valence-corrected chi connectivity index (χ3v) is 5.15. The van der Waals surface area contributed by atoms with E-state index in [1.54, 1.807) is 0 Å². The number of aromatic nitrogens is 2. The van der Waals surface area contributed by atoms with Crippen LogP contribution in [0.3, 0.4) is 0 Å². The maximum Gasteiger partial charge on any atom is 0.227 e. The summed E-state index contributed by atoms with van der Waals surface area (Å²) in [5, 5.41) is 7.57. The minimum absolute atomic E-state index is 0.0231. The van der Waals surface area contributed by atoms with Crippen LogP contribution in [-0.4, -0.2) is 51.9 Å². The zero-order valence-electron chi connectivity index (χ0n) is 13.3. The van der Waals surface area contributed by atoms with Crippen LogP contribution in [0, 0.1) is 12.8 Å². The molecule has 4 rings (SSSR count). The van der Waals surface area contributed by atoms with E-state index < -0.39 is 0 Å². The molecule has 3 aliphatic rings. The van der Waals surface area contributed by atoms with Crippen LogP contribution >= 0.6 is 0 Å². The maximum absolute atomic E-state index is 12.5. The number of hydrogen-bond acceptors (Lipinski definition) is 4. The number of carbonyl (C=O) groups excluding carboxylic acids is 1. The van der Waals surface area contributed by atoms with Crippen LogP contribution in [0.2, 0.25) is 0 Å². The highest BCUT2D eigenvalue weighted by Crippen LogP contribution is 2.35. The van der Waals surface area contributed by atoms with Crippen molar-refractivity contribution < 1.29 is 9.53 Å². The minimum Gasteiger partial charge on any atom is -0.376 e. The van der Waals surface area contributed by atoms with Crippen molar-refractivity contribution in [1.82, 2.24) is 20.0 Å². The lowest BCUT2D eigenvalue weighted by Gasteiger charge is -2.21. The topological polar surface area (TPSA) is 59.4 Å². The Morgan fingerprint density at radius 2 is 2.27 bits per heavy atom. The second kappa shape index (κ2) is 5.35. The Labute approximate surface area is 130 Å². The van der Waals surface area contributed by atoms with Gasteiger partial charge in [-0.1, -0.05) is 0 Å². The van der Waals surface area contributed by atoms with Gasteiger partial charge in [0, 0.05) is 50.6 Å². The van der Waals surface area contributed by atoms with Gasteiger partial charge >= 0.3 is 0 Å². The predicted octanol–water partition coefficient (Wildman–Crippen LogP) is 0.596. The third kappa shape index (κ3) is 2.54. The highest BCUT2D eigenvalue weighted by molar-refractivity contribution is 5.80. The standard InChI is InChI=1S/C16H24N4O2/c1-10-11(7-19(2)18-10)8-20-9-13(15-14(20)5-6-22-15)16(21)17-12-3-4-12/h7,12-15H,3-6,8-9H2,1-2H3,(H,17,21)/t13-,14+,15+/m0/s1. The van der Waals surface area contributed by atoms with Crippen molar-refractivity contribution in [3.8, 4) is 0 Å². The second-order valence-electron chi connectivity index (χ2n) is 6.92. The highest BCUT2D eigenvalue weighted by atomic mass is 16.5. The summed E-state index contributed by atoms with van der Waals surface area (Å²) < 4.78 is 7.75. The number of nitrogens with one attached hydrogen (secondary N) is 1. The molecule has 1 saturated carbocycles. The molecular formula is C16H24N4O2. The molecule has 1 aromatic rings. The van der Waals surface area contributed by atoms with E-state index in [9.17, 15) is 4.79 Å². The van der Waals surface area contributed by atoms with Gasteiger partial charge in [-0.3, -0.25) is 14.4 Å². The fourth-order valence-electron chi connectivity index (χ4n) is 3.84. The zero-order valence-corrected chi connectivity index (χ0v) is 13.3. The number of aryl methyl sites for hydroxylation is 2. The first-order chi connectivity index (χ1) is 10.6. The first-order valence-corrected chi connectivity index (χ1v) is 8.27. The molecule has 3 heterocycles. The van der Waals surface area contributed by atoms with Crippen molar-refractivity contribution in [2.75, 3.05) is 13.2 Å². The van der Waals surface area contributed by atoms with E-state index >= 15 is 0 Å². The van der Waals surface area contributed by atoms with Gasteiger partial charge in [0.25, 0.3) is 0 Å². The molecule has 0 spiro atoms. The predicted molar refractivity (Wildman–Crippen MR) is 81.2 cm³/mol. The lowest BCUT2D eigenvalue weighted by Crippen LogP contribution is -2.39. The van der Waals surface area contributed by atoms with Crippen LogP contribution in [0.25, 0.3) is 0 Å². The van der Waals surface area contributed by atoms with E-state index in [2.05, 4.69) is 21.5 Å². The fourth-order valence-corrected chi connectivity index (χ4v) is 3.84. The summed E-state index contributed by atoms with van der Waals surface area (Å²) in [6, 6.07) is 0.788. The van der Waals surface area contributed by atoms with Crippen molar-refractivity contribution >= 4 is 5.91 Å². The Bertz CT molecular complexity index is 581. The molecule has 1 amide bonds. The zero-order chi connectivity index (χ0) is 15.3. The molecule has 22 heavy (non-hydrogen) atoms. The van der Waals surface area contributed by atoms with Crippen molar-refractivity contribution in [2.24, 2.45) is 13.0 Å². The largest absolute Gasteiger partial charge is 0.376 e. The summed E-state index contributed by atoms with van der Waals surface area (Å²) >= 11 is 0. The smallest absolute Gasteiger partial charge is 0.227 e. The van der Waals surface area contributed by atoms with Gasteiger partial charge in [-0.05, 0) is 26.2 Å². The molecule has 120 valence electrons. The number of likely N-dealkylation sites (tertiary alicyclic amines) is 1. The number of fused-ring (bicyclic) bond motifs is 1. The van der Waals surface area contributed by atoms with Crippen LogP contribution in [0.1, 0.15) is 30.5 Å². The van der Waals surface area contributed by atoms with E-state index in [-0.39, 0.29) is 17.9 Å². The Hall–Kier alpha value is -1.40. The van der Waals surface area contributed by atoms with Crippen molar-refractivity contribution in [1.29, 1.82) is 0 Å². The van der Waals surface area contributed by atoms with Crippen molar-refractivity contribution in [3.63, 3.8) is 0 Å². The molecular weight excluding hydrogens is 280 g/mol. The summed E-state index contributed by atoms with van der Waals surface area (Å²) in [5.74, 6) is 0.162. The van der Waals surface area contributed by atoms with E-state index in [0.29, 0.717) is 12.1 Å². The Morgan fingerprint density at radius 1 is 1.45 bits per heavy atom. The molecule has 1 aromatic heterocycles. The van der Waals surface area contributed by atoms with E-state index in [1.807, 2.05) is 18.7 Å². The number of amides is 1. The average Bonchev–Trinajstić information content (AvgIpc) is 2.91. The van der Waals surface area contributed by atoms with E-state index in [0.717, 1.165) is 44.7 Å². The van der Waals surface area contributed by atoms with Gasteiger partial charge in [-0.25, -0.2) is 0 Å². The normalized spacial score (nSPS) is 31.5. The number of carbonyl (C=O) groups is 1. The van der Waals surface area contributed by atoms with E-state index in [1.165, 1.54) is 5.56 Å². The van der Waals surface area contributed by atoms with Gasteiger partial charge in [-0.2, -0.15) is 5.10 Å². The van der Waals surface area contributed by atoms with Crippen LogP contribution in [0.4, 0.5) is 0 Å². The van der Waals surface area contributed by atoms with Gasteiger partial charge in [0.05, 0.1) is 17.7 Å². The number of rotatable bonds is 4. The maximum atomic E-state index is 12.5. The summed E-state index contributed by atoms with van der Waals surface area (Å²) in [5.41, 5.74) is 2.32. The molecule has 0 unspecified atom stereocenters. The average molecular weight is 304 g/mol. The summed E-state index contributed by atoms with van der Waals surface area (Å²) in [6.45, 7) is 4.47. The Balaban J connectivity index is 1.48. The van der Waals surface area contributed by atoms with Crippen LogP contribution in [0.15, 0.2) is 6.20 Å². The Kier molecular flexibility index (Phi) is 3.46. The molecule has 2 aliphatic heterocycles. The van der Waals surface area contributed by atoms with Gasteiger partial charge in [0.2, 0.25) is 5.91 Å². The molecule has 3 atom stereocenters. The quantitative estimate of drug-likeness (QED) is 0.885. The van der Waals surface area contributed by atoms with Gasteiger partial charge in [-0.15, -0.1) is 0 Å². The molecule has 3 fully saturated rings. The highest BCUT2D eigenvalue weighted by Gasteiger charge is 2.49. The molecule has 6 heteroatoms. The summed E-state index contributed by atoms with van der Waals surface area (Å²) in [7, 11) is 1.95.